The van der Waals surface area contributed by atoms with Gasteiger partial charge in [0.05, 0.1) is 12.2 Å². The minimum absolute atomic E-state index is 0.0764. The third-order valence-corrected chi connectivity index (χ3v) is 5.35. The van der Waals surface area contributed by atoms with Crippen molar-refractivity contribution >= 4 is 23.0 Å². The number of hydrogen-bond acceptors (Lipinski definition) is 5. The first-order chi connectivity index (χ1) is 15.8. The first kappa shape index (κ1) is 24.2. The van der Waals surface area contributed by atoms with E-state index in [9.17, 15) is 9.59 Å². The van der Waals surface area contributed by atoms with Crippen molar-refractivity contribution in [1.29, 1.82) is 0 Å². The Morgan fingerprint density at radius 3 is 2.00 bits per heavy atom. The zero-order valence-corrected chi connectivity index (χ0v) is 20.2. The summed E-state index contributed by atoms with van der Waals surface area (Å²) in [6, 6.07) is 14.1. The van der Waals surface area contributed by atoms with Crippen molar-refractivity contribution in [2.45, 2.75) is 66.6 Å². The summed E-state index contributed by atoms with van der Waals surface area (Å²) in [5.41, 5.74) is 4.35. The normalized spacial score (nSPS) is 12.9. The van der Waals surface area contributed by atoms with E-state index in [4.69, 9.17) is 14.2 Å². The van der Waals surface area contributed by atoms with E-state index in [0.717, 1.165) is 35.1 Å². The van der Waals surface area contributed by atoms with Gasteiger partial charge in [-0.15, -0.1) is 14.1 Å². The molecule has 2 unspecified atom stereocenters. The Bertz CT molecular complexity index is 1160. The van der Waals surface area contributed by atoms with Gasteiger partial charge in [-0.3, -0.25) is 4.79 Å². The molecule has 0 saturated carbocycles. The van der Waals surface area contributed by atoms with Crippen LogP contribution in [-0.4, -0.2) is 44.8 Å². The van der Waals surface area contributed by atoms with Crippen molar-refractivity contribution in [2.24, 2.45) is 0 Å². The lowest BCUT2D eigenvalue weighted by molar-refractivity contribution is -0.150. The van der Waals surface area contributed by atoms with E-state index in [0.29, 0.717) is 5.75 Å². The van der Waals surface area contributed by atoms with E-state index in [1.807, 2.05) is 69.7 Å². The predicted octanol–water partition coefficient (Wildman–Crippen LogP) is 4.80. The van der Waals surface area contributed by atoms with Gasteiger partial charge < -0.3 is 14.2 Å². The standard InChI is InChI=1S/C19H21N3O3.C6H12O2/c1-4-14(3)25-19(23)12-24-18-10-9-13(2)11-17(18)22-20-15-7-5-6-8-16(15)21(20)22;1-4-5(2)8-6(3)7/h5-11,14H,4,12H2,1-3H3;5H,4H2,1-3H3. The summed E-state index contributed by atoms with van der Waals surface area (Å²) in [4.78, 5) is 24.1. The summed E-state index contributed by atoms with van der Waals surface area (Å²) < 4.78 is 19.9. The maximum atomic E-state index is 11.9. The van der Waals surface area contributed by atoms with Gasteiger partial charge in [0.25, 0.3) is 0 Å². The van der Waals surface area contributed by atoms with Gasteiger partial charge in [0, 0.05) is 6.92 Å². The quantitative estimate of drug-likeness (QED) is 0.357. The number of rotatable bonds is 8. The number of aryl methyl sites for hydroxylation is 1. The smallest absolute Gasteiger partial charge is 0.344 e. The fraction of sp³-hybridized carbons (Fsp3) is 0.440. The Kier molecular flexibility index (Phi) is 7.68. The molecule has 0 radical (unpaired) electrons. The molecule has 2 aromatic carbocycles. The minimum atomic E-state index is -0.349. The molecular weight excluding hydrogens is 422 g/mol. The SMILES string of the molecule is CCC(C)OC(=O)COc1ccc(C)cc1-n1n2c3ccccc3n12.CCC(C)OC(C)=O. The van der Waals surface area contributed by atoms with Gasteiger partial charge in [-0.05, 0) is 63.4 Å². The van der Waals surface area contributed by atoms with Gasteiger partial charge in [0.2, 0.25) is 0 Å². The fourth-order valence-electron chi connectivity index (χ4n) is 3.25. The summed E-state index contributed by atoms with van der Waals surface area (Å²) in [6.45, 7) is 11.1. The van der Waals surface area contributed by atoms with E-state index < -0.39 is 0 Å². The fourth-order valence-corrected chi connectivity index (χ4v) is 3.25. The molecule has 0 aliphatic carbocycles. The third-order valence-electron chi connectivity index (χ3n) is 5.35. The molecule has 0 amide bonds. The molecule has 2 atom stereocenters. The molecule has 0 saturated heterocycles. The number of ether oxygens (including phenoxy) is 3. The lowest BCUT2D eigenvalue weighted by Gasteiger charge is -2.12. The number of aromatic nitrogens is 3. The third kappa shape index (κ3) is 5.69. The number of benzene rings is 2. The number of hydrogen-bond donors (Lipinski definition) is 0. The molecule has 178 valence electrons. The van der Waals surface area contributed by atoms with Crippen LogP contribution in [0.2, 0.25) is 0 Å². The predicted molar refractivity (Wildman–Crippen MR) is 126 cm³/mol. The van der Waals surface area contributed by atoms with Gasteiger partial charge in [-0.2, -0.15) is 0 Å². The number of fused-ring (bicyclic) bond motifs is 4. The van der Waals surface area contributed by atoms with Gasteiger partial charge in [0.15, 0.2) is 6.61 Å². The molecule has 8 heteroatoms. The number of esters is 2. The van der Waals surface area contributed by atoms with Crippen molar-refractivity contribution < 1.29 is 23.8 Å². The molecule has 33 heavy (non-hydrogen) atoms. The van der Waals surface area contributed by atoms with Crippen LogP contribution in [0.1, 0.15) is 53.0 Å². The minimum Gasteiger partial charge on any atom is -0.480 e. The highest BCUT2D eigenvalue weighted by Gasteiger charge is 2.26. The summed E-state index contributed by atoms with van der Waals surface area (Å²) in [6.07, 6.45) is 1.66. The van der Waals surface area contributed by atoms with E-state index in [1.165, 1.54) is 6.92 Å². The summed E-state index contributed by atoms with van der Waals surface area (Å²) in [7, 11) is 0. The number of para-hydroxylation sites is 2. The first-order valence-corrected chi connectivity index (χ1v) is 11.4. The van der Waals surface area contributed by atoms with Crippen LogP contribution in [0.4, 0.5) is 0 Å². The Labute approximate surface area is 193 Å². The lowest BCUT2D eigenvalue weighted by atomic mass is 10.2. The van der Waals surface area contributed by atoms with E-state index in [2.05, 4.69) is 21.4 Å². The Hall–Kier alpha value is -3.42. The second-order valence-corrected chi connectivity index (χ2v) is 8.15. The van der Waals surface area contributed by atoms with Crippen molar-refractivity contribution in [3.05, 3.63) is 48.0 Å². The summed E-state index contributed by atoms with van der Waals surface area (Å²) >= 11 is 0. The Balaban J connectivity index is 0.000000331. The topological polar surface area (TPSA) is 75.6 Å². The number of nitrogens with zero attached hydrogens (tertiary/aromatic N) is 3. The molecule has 0 bridgehead atoms. The molecule has 2 aromatic heterocycles. The molecule has 2 heterocycles. The van der Waals surface area contributed by atoms with Gasteiger partial charge in [0.1, 0.15) is 22.5 Å². The Morgan fingerprint density at radius 1 is 0.909 bits per heavy atom. The second kappa shape index (κ2) is 10.5. The lowest BCUT2D eigenvalue weighted by Crippen LogP contribution is -2.20. The zero-order chi connectivity index (χ0) is 24.1. The first-order valence-electron chi connectivity index (χ1n) is 11.4. The van der Waals surface area contributed by atoms with Crippen molar-refractivity contribution in [1.82, 2.24) is 14.1 Å². The monoisotopic (exact) mass is 455 g/mol. The van der Waals surface area contributed by atoms with Crippen molar-refractivity contribution in [3.8, 4) is 11.4 Å². The Morgan fingerprint density at radius 2 is 1.48 bits per heavy atom. The van der Waals surface area contributed by atoms with Crippen LogP contribution in [-0.2, 0) is 19.1 Å². The van der Waals surface area contributed by atoms with Crippen molar-refractivity contribution in [3.63, 3.8) is 0 Å². The van der Waals surface area contributed by atoms with Gasteiger partial charge in [-0.1, -0.05) is 32.0 Å². The van der Waals surface area contributed by atoms with Crippen LogP contribution >= 0.6 is 0 Å². The highest BCUT2D eigenvalue weighted by Crippen LogP contribution is 2.31. The zero-order valence-electron chi connectivity index (χ0n) is 20.2. The molecule has 4 aromatic rings. The average Bonchev–Trinajstić information content (AvgIpc) is 3.45. The van der Waals surface area contributed by atoms with Gasteiger partial charge >= 0.3 is 11.9 Å². The van der Waals surface area contributed by atoms with E-state index >= 15 is 0 Å². The van der Waals surface area contributed by atoms with Crippen LogP contribution in [0.25, 0.3) is 16.7 Å². The number of carbonyl (C=O) groups is 2. The summed E-state index contributed by atoms with van der Waals surface area (Å²) in [5.74, 6) is 0.116. The van der Waals surface area contributed by atoms with Crippen molar-refractivity contribution in [2.75, 3.05) is 6.61 Å². The van der Waals surface area contributed by atoms with Gasteiger partial charge in [-0.25, -0.2) is 4.79 Å². The highest BCUT2D eigenvalue weighted by atomic mass is 16.6. The maximum absolute atomic E-state index is 11.9. The molecular formula is C25H33N3O5. The van der Waals surface area contributed by atoms with Crippen LogP contribution in [0.5, 0.6) is 5.75 Å². The highest BCUT2D eigenvalue weighted by molar-refractivity contribution is 5.79. The number of carbonyl (C=O) groups excluding carboxylic acids is 2. The molecule has 4 rings (SSSR count). The molecule has 8 nitrogen and oxygen atoms in total. The molecule has 0 N–H and O–H groups in total. The van der Waals surface area contributed by atoms with Crippen LogP contribution in [0.3, 0.4) is 0 Å². The molecule has 0 aliphatic rings. The largest absolute Gasteiger partial charge is 0.480 e. The van der Waals surface area contributed by atoms with Crippen LogP contribution < -0.4 is 4.74 Å². The molecule has 0 fully saturated rings. The maximum Gasteiger partial charge on any atom is 0.344 e. The van der Waals surface area contributed by atoms with Crippen LogP contribution in [0, 0.1) is 6.92 Å². The average molecular weight is 456 g/mol. The summed E-state index contributed by atoms with van der Waals surface area (Å²) in [5, 5.41) is 0. The molecule has 0 aliphatic heterocycles. The van der Waals surface area contributed by atoms with Crippen LogP contribution in [0.15, 0.2) is 42.5 Å². The molecule has 0 spiro atoms. The van der Waals surface area contributed by atoms with E-state index in [1.54, 1.807) is 0 Å². The second-order valence-electron chi connectivity index (χ2n) is 8.15. The van der Waals surface area contributed by atoms with E-state index in [-0.39, 0.29) is 30.8 Å².